The lowest BCUT2D eigenvalue weighted by Gasteiger charge is -2.05. The van der Waals surface area contributed by atoms with Gasteiger partial charge in [0.2, 0.25) is 11.9 Å². The van der Waals surface area contributed by atoms with Crippen LogP contribution in [0.4, 0.5) is 5.95 Å². The number of hydrogen-bond acceptors (Lipinski definition) is 3. The molecule has 1 aromatic heterocycles. The quantitative estimate of drug-likeness (QED) is 0.915. The predicted molar refractivity (Wildman–Crippen MR) is 75.0 cm³/mol. The highest BCUT2D eigenvalue weighted by atomic mass is 79.9. The third-order valence-corrected chi connectivity index (χ3v) is 2.88. The molecule has 0 aliphatic rings. The minimum absolute atomic E-state index is 0.147. The molecule has 0 atom stereocenters. The Kier molecular flexibility index (Phi) is 3.66. The molecule has 2 N–H and O–H groups in total. The Hall–Kier alpha value is -1.82. The van der Waals surface area contributed by atoms with Crippen molar-refractivity contribution in [1.29, 1.82) is 0 Å². The van der Waals surface area contributed by atoms with Crippen molar-refractivity contribution >= 4 is 27.8 Å². The van der Waals surface area contributed by atoms with Crippen LogP contribution in [-0.4, -0.2) is 22.6 Å². The molecule has 5 nitrogen and oxygen atoms in total. The fraction of sp³-hybridized carbons (Fsp3) is 0.167. The first kappa shape index (κ1) is 12.6. The molecule has 1 amide bonds. The molecule has 94 valence electrons. The van der Waals surface area contributed by atoms with Gasteiger partial charge in [0, 0.05) is 24.0 Å². The van der Waals surface area contributed by atoms with E-state index >= 15 is 0 Å². The molecule has 0 saturated carbocycles. The summed E-state index contributed by atoms with van der Waals surface area (Å²) in [6.07, 6.45) is 1.77. The molecule has 18 heavy (non-hydrogen) atoms. The maximum Gasteiger partial charge on any atom is 0.235 e. The van der Waals surface area contributed by atoms with Crippen molar-refractivity contribution in [2.45, 2.75) is 6.92 Å². The van der Waals surface area contributed by atoms with Crippen LogP contribution >= 0.6 is 15.9 Å². The first-order valence-electron chi connectivity index (χ1n) is 5.41. The summed E-state index contributed by atoms with van der Waals surface area (Å²) in [5.41, 5.74) is 4.45. The van der Waals surface area contributed by atoms with Crippen LogP contribution in [0.1, 0.15) is 6.92 Å². The van der Waals surface area contributed by atoms with Crippen LogP contribution in [0.2, 0.25) is 0 Å². The Morgan fingerprint density at radius 1 is 1.33 bits per heavy atom. The van der Waals surface area contributed by atoms with Crippen molar-refractivity contribution in [2.24, 2.45) is 0 Å². The standard InChI is InChI=1S/C12H13BrN4O/c1-8(18)16-17-7-11(15-12(17)14-2)9-3-5-10(13)6-4-9/h3-7H,1-2H3,(H,14,15)(H,16,18). The van der Waals surface area contributed by atoms with Gasteiger partial charge in [-0.3, -0.25) is 10.2 Å². The minimum atomic E-state index is -0.147. The molecule has 0 unspecified atom stereocenters. The van der Waals surface area contributed by atoms with E-state index in [0.717, 1.165) is 15.7 Å². The van der Waals surface area contributed by atoms with Crippen LogP contribution in [0.15, 0.2) is 34.9 Å². The zero-order valence-electron chi connectivity index (χ0n) is 10.1. The number of amides is 1. The Labute approximate surface area is 113 Å². The molecule has 2 rings (SSSR count). The van der Waals surface area contributed by atoms with Crippen molar-refractivity contribution in [3.8, 4) is 11.3 Å². The lowest BCUT2D eigenvalue weighted by molar-refractivity contribution is -0.115. The van der Waals surface area contributed by atoms with Gasteiger partial charge >= 0.3 is 0 Å². The Balaban J connectivity index is 2.37. The van der Waals surface area contributed by atoms with Crippen LogP contribution < -0.4 is 10.7 Å². The van der Waals surface area contributed by atoms with Gasteiger partial charge in [0.25, 0.3) is 0 Å². The molecule has 0 aliphatic heterocycles. The zero-order valence-corrected chi connectivity index (χ0v) is 11.7. The van der Waals surface area contributed by atoms with E-state index in [2.05, 4.69) is 31.7 Å². The lowest BCUT2D eigenvalue weighted by atomic mass is 10.2. The van der Waals surface area contributed by atoms with Crippen molar-refractivity contribution < 1.29 is 4.79 Å². The smallest absolute Gasteiger partial charge is 0.235 e. The Bertz CT molecular complexity index is 562. The van der Waals surface area contributed by atoms with Gasteiger partial charge in [0.1, 0.15) is 0 Å². The fourth-order valence-electron chi connectivity index (χ4n) is 1.57. The van der Waals surface area contributed by atoms with Gasteiger partial charge < -0.3 is 5.32 Å². The normalized spacial score (nSPS) is 10.2. The molecule has 0 saturated heterocycles. The number of carbonyl (C=O) groups excluding carboxylic acids is 1. The molecule has 0 spiro atoms. The second-order valence-corrected chi connectivity index (χ2v) is 4.66. The number of rotatable bonds is 3. The number of halogens is 1. The Morgan fingerprint density at radius 3 is 2.56 bits per heavy atom. The number of nitrogens with zero attached hydrogens (tertiary/aromatic N) is 2. The highest BCUT2D eigenvalue weighted by Gasteiger charge is 2.09. The van der Waals surface area contributed by atoms with E-state index in [1.165, 1.54) is 6.92 Å². The zero-order chi connectivity index (χ0) is 13.1. The maximum absolute atomic E-state index is 11.1. The maximum atomic E-state index is 11.1. The van der Waals surface area contributed by atoms with Gasteiger partial charge in [-0.15, -0.1) is 0 Å². The van der Waals surface area contributed by atoms with Gasteiger partial charge in [-0.25, -0.2) is 9.66 Å². The fourth-order valence-corrected chi connectivity index (χ4v) is 1.84. The van der Waals surface area contributed by atoms with Crippen LogP contribution in [0.5, 0.6) is 0 Å². The summed E-state index contributed by atoms with van der Waals surface area (Å²) in [4.78, 5) is 15.5. The SMILES string of the molecule is CNc1nc(-c2ccc(Br)cc2)cn1NC(C)=O. The molecular formula is C12H13BrN4O. The first-order valence-corrected chi connectivity index (χ1v) is 6.20. The van der Waals surface area contributed by atoms with Crippen molar-refractivity contribution in [3.05, 3.63) is 34.9 Å². The molecule has 1 heterocycles. The topological polar surface area (TPSA) is 59.0 Å². The third-order valence-electron chi connectivity index (χ3n) is 2.35. The van der Waals surface area contributed by atoms with Gasteiger partial charge in [0.15, 0.2) is 0 Å². The average molecular weight is 309 g/mol. The highest BCUT2D eigenvalue weighted by molar-refractivity contribution is 9.10. The molecule has 0 fully saturated rings. The van der Waals surface area contributed by atoms with E-state index in [4.69, 9.17) is 0 Å². The molecule has 6 heteroatoms. The summed E-state index contributed by atoms with van der Waals surface area (Å²) >= 11 is 3.39. The molecular weight excluding hydrogens is 296 g/mol. The van der Waals surface area contributed by atoms with Crippen molar-refractivity contribution in [1.82, 2.24) is 9.66 Å². The summed E-state index contributed by atoms with van der Waals surface area (Å²) < 4.78 is 2.58. The van der Waals surface area contributed by atoms with Crippen LogP contribution in [0.3, 0.4) is 0 Å². The van der Waals surface area contributed by atoms with Crippen molar-refractivity contribution in [3.63, 3.8) is 0 Å². The van der Waals surface area contributed by atoms with E-state index in [0.29, 0.717) is 5.95 Å². The van der Waals surface area contributed by atoms with Gasteiger partial charge in [-0.2, -0.15) is 0 Å². The number of nitrogens with one attached hydrogen (secondary N) is 2. The summed E-state index contributed by atoms with van der Waals surface area (Å²) in [6.45, 7) is 1.46. The number of aromatic nitrogens is 2. The summed E-state index contributed by atoms with van der Waals surface area (Å²) in [5, 5.41) is 2.93. The van der Waals surface area contributed by atoms with E-state index in [-0.39, 0.29) is 5.91 Å². The lowest BCUT2D eigenvalue weighted by Crippen LogP contribution is -2.20. The largest absolute Gasteiger partial charge is 0.357 e. The second kappa shape index (κ2) is 5.22. The number of carbonyl (C=O) groups is 1. The van der Waals surface area contributed by atoms with E-state index in [9.17, 15) is 4.79 Å². The van der Waals surface area contributed by atoms with E-state index < -0.39 is 0 Å². The van der Waals surface area contributed by atoms with Crippen molar-refractivity contribution in [2.75, 3.05) is 17.8 Å². The molecule has 0 aliphatic carbocycles. The number of anilines is 1. The summed E-state index contributed by atoms with van der Waals surface area (Å²) in [5.74, 6) is 0.439. The number of hydrogen-bond donors (Lipinski definition) is 2. The molecule has 0 bridgehead atoms. The average Bonchev–Trinajstić information content (AvgIpc) is 2.72. The summed E-state index contributed by atoms with van der Waals surface area (Å²) in [6, 6.07) is 7.82. The van der Waals surface area contributed by atoms with Crippen LogP contribution in [-0.2, 0) is 4.79 Å². The molecule has 1 aromatic carbocycles. The first-order chi connectivity index (χ1) is 8.60. The van der Waals surface area contributed by atoms with Crippen LogP contribution in [0.25, 0.3) is 11.3 Å². The van der Waals surface area contributed by atoms with Gasteiger partial charge in [0.05, 0.1) is 11.9 Å². The van der Waals surface area contributed by atoms with Crippen LogP contribution in [0, 0.1) is 0 Å². The number of imidazole rings is 1. The number of benzene rings is 1. The minimum Gasteiger partial charge on any atom is -0.357 e. The Morgan fingerprint density at radius 2 is 2.00 bits per heavy atom. The predicted octanol–water partition coefficient (Wildman–Crippen LogP) is 2.44. The molecule has 0 radical (unpaired) electrons. The van der Waals surface area contributed by atoms with E-state index in [1.807, 2.05) is 24.3 Å². The monoisotopic (exact) mass is 308 g/mol. The van der Waals surface area contributed by atoms with Gasteiger partial charge in [-0.05, 0) is 12.1 Å². The van der Waals surface area contributed by atoms with E-state index in [1.54, 1.807) is 17.9 Å². The third kappa shape index (κ3) is 2.70. The van der Waals surface area contributed by atoms with Gasteiger partial charge in [-0.1, -0.05) is 28.1 Å². The highest BCUT2D eigenvalue weighted by Crippen LogP contribution is 2.22. The summed E-state index contributed by atoms with van der Waals surface area (Å²) in [7, 11) is 1.76. The second-order valence-electron chi connectivity index (χ2n) is 3.74. The molecule has 2 aromatic rings.